The van der Waals surface area contributed by atoms with E-state index in [-0.39, 0.29) is 12.6 Å². The van der Waals surface area contributed by atoms with Crippen molar-refractivity contribution in [3.8, 4) is 5.75 Å². The molecule has 1 rings (SSSR count). The maximum Gasteiger partial charge on any atom is 0.411 e. The molecule has 1 unspecified atom stereocenters. The molecule has 6 heteroatoms. The van der Waals surface area contributed by atoms with E-state index in [2.05, 4.69) is 5.32 Å². The predicted molar refractivity (Wildman–Crippen MR) is 75.6 cm³/mol. The van der Waals surface area contributed by atoms with Gasteiger partial charge in [-0.2, -0.15) is 13.2 Å². The molecular formula is C15H22F3NO2. The van der Waals surface area contributed by atoms with Crippen LogP contribution in [0.3, 0.4) is 0 Å². The van der Waals surface area contributed by atoms with Gasteiger partial charge in [0.2, 0.25) is 0 Å². The Kier molecular flexibility index (Phi) is 6.98. The molecule has 1 aromatic rings. The normalized spacial score (nSPS) is 13.2. The van der Waals surface area contributed by atoms with Crippen LogP contribution in [0.2, 0.25) is 0 Å². The van der Waals surface area contributed by atoms with E-state index in [9.17, 15) is 13.2 Å². The lowest BCUT2D eigenvalue weighted by Gasteiger charge is -2.21. The molecule has 1 N–H and O–H groups in total. The molecule has 0 aliphatic carbocycles. The quantitative estimate of drug-likeness (QED) is 0.744. The van der Waals surface area contributed by atoms with Gasteiger partial charge in [0.15, 0.2) is 0 Å². The number of alkyl halides is 3. The summed E-state index contributed by atoms with van der Waals surface area (Å²) < 4.78 is 46.2. The van der Waals surface area contributed by atoms with Gasteiger partial charge in [-0.1, -0.05) is 24.6 Å². The number of nitrogens with one attached hydrogen (secondary N) is 1. The van der Waals surface area contributed by atoms with Crippen molar-refractivity contribution in [1.82, 2.24) is 5.32 Å². The molecule has 0 aliphatic rings. The van der Waals surface area contributed by atoms with Gasteiger partial charge in [0.05, 0.1) is 7.11 Å². The highest BCUT2D eigenvalue weighted by Gasteiger charge is 2.27. The van der Waals surface area contributed by atoms with E-state index in [0.717, 1.165) is 16.9 Å². The fourth-order valence-electron chi connectivity index (χ4n) is 2.13. The van der Waals surface area contributed by atoms with E-state index >= 15 is 0 Å². The molecule has 0 radical (unpaired) electrons. The minimum absolute atomic E-state index is 0.0360. The smallest absolute Gasteiger partial charge is 0.411 e. The Balaban J connectivity index is 2.70. The predicted octanol–water partition coefficient (Wildman–Crippen LogP) is 3.62. The Labute approximate surface area is 123 Å². The number of rotatable bonds is 8. The van der Waals surface area contributed by atoms with Crippen LogP contribution in [0.1, 0.15) is 30.5 Å². The minimum atomic E-state index is -4.28. The van der Waals surface area contributed by atoms with Crippen LogP contribution in [0.25, 0.3) is 0 Å². The Hall–Kier alpha value is -1.27. The van der Waals surface area contributed by atoms with E-state index in [0.29, 0.717) is 13.0 Å². The van der Waals surface area contributed by atoms with E-state index < -0.39 is 12.8 Å². The summed E-state index contributed by atoms with van der Waals surface area (Å²) in [7, 11) is 1.58. The molecule has 0 aromatic heterocycles. The molecule has 21 heavy (non-hydrogen) atoms. The summed E-state index contributed by atoms with van der Waals surface area (Å²) in [6.45, 7) is 3.45. The highest BCUT2D eigenvalue weighted by molar-refractivity contribution is 5.39. The van der Waals surface area contributed by atoms with E-state index in [1.807, 2.05) is 32.0 Å². The molecule has 0 heterocycles. The number of ether oxygens (including phenoxy) is 2. The van der Waals surface area contributed by atoms with Gasteiger partial charge in [0, 0.05) is 18.2 Å². The Bertz CT molecular complexity index is 435. The average Bonchev–Trinajstić information content (AvgIpc) is 2.41. The molecule has 0 bridgehead atoms. The molecule has 0 spiro atoms. The second-order valence-electron chi connectivity index (χ2n) is 4.81. The molecule has 0 saturated heterocycles. The third-order valence-corrected chi connectivity index (χ3v) is 3.03. The minimum Gasteiger partial charge on any atom is -0.496 e. The van der Waals surface area contributed by atoms with Crippen molar-refractivity contribution in [2.75, 3.05) is 26.9 Å². The van der Waals surface area contributed by atoms with Crippen LogP contribution in [-0.2, 0) is 4.74 Å². The summed E-state index contributed by atoms with van der Waals surface area (Å²) in [5, 5.41) is 3.26. The molecule has 1 aromatic carbocycles. The van der Waals surface area contributed by atoms with E-state index in [1.54, 1.807) is 7.11 Å². The molecular weight excluding hydrogens is 283 g/mol. The summed E-state index contributed by atoms with van der Waals surface area (Å²) >= 11 is 0. The van der Waals surface area contributed by atoms with Crippen LogP contribution in [0, 0.1) is 6.92 Å². The fourth-order valence-corrected chi connectivity index (χ4v) is 2.13. The Morgan fingerprint density at radius 1 is 1.29 bits per heavy atom. The van der Waals surface area contributed by atoms with Crippen LogP contribution in [0.4, 0.5) is 13.2 Å². The lowest BCUT2D eigenvalue weighted by molar-refractivity contribution is -0.174. The van der Waals surface area contributed by atoms with Crippen molar-refractivity contribution >= 4 is 0 Å². The third kappa shape index (κ3) is 6.35. The number of methoxy groups -OCH3 is 1. The van der Waals surface area contributed by atoms with Gasteiger partial charge in [-0.05, 0) is 26.0 Å². The van der Waals surface area contributed by atoms with Crippen molar-refractivity contribution in [1.29, 1.82) is 0 Å². The summed E-state index contributed by atoms with van der Waals surface area (Å²) in [6, 6.07) is 5.69. The average molecular weight is 305 g/mol. The fraction of sp³-hybridized carbons (Fsp3) is 0.600. The molecule has 0 fully saturated rings. The van der Waals surface area contributed by atoms with Crippen LogP contribution in [0.5, 0.6) is 5.75 Å². The van der Waals surface area contributed by atoms with Crippen LogP contribution in [0.15, 0.2) is 18.2 Å². The van der Waals surface area contributed by atoms with Gasteiger partial charge in [-0.3, -0.25) is 0 Å². The third-order valence-electron chi connectivity index (χ3n) is 3.03. The molecule has 1 atom stereocenters. The number of hydrogen-bond acceptors (Lipinski definition) is 3. The monoisotopic (exact) mass is 305 g/mol. The number of hydrogen-bond donors (Lipinski definition) is 1. The molecule has 0 aliphatic heterocycles. The van der Waals surface area contributed by atoms with E-state index in [1.165, 1.54) is 0 Å². The lowest BCUT2D eigenvalue weighted by atomic mass is 10.0. The topological polar surface area (TPSA) is 30.5 Å². The summed E-state index contributed by atoms with van der Waals surface area (Å²) in [5.41, 5.74) is 2.01. The van der Waals surface area contributed by atoms with Crippen molar-refractivity contribution in [3.63, 3.8) is 0 Å². The summed E-state index contributed by atoms with van der Waals surface area (Å²) in [6.07, 6.45) is -3.83. The SMILES string of the molecule is CCNC(CCOCC(F)(F)F)c1cc(C)ccc1OC. The number of halogens is 3. The summed E-state index contributed by atoms with van der Waals surface area (Å²) in [5.74, 6) is 0.724. The van der Waals surface area contributed by atoms with Gasteiger partial charge >= 0.3 is 6.18 Å². The zero-order valence-corrected chi connectivity index (χ0v) is 12.6. The van der Waals surface area contributed by atoms with Crippen molar-refractivity contribution in [2.45, 2.75) is 32.5 Å². The number of aryl methyl sites for hydroxylation is 1. The van der Waals surface area contributed by atoms with Gasteiger partial charge in [-0.25, -0.2) is 0 Å². The zero-order valence-electron chi connectivity index (χ0n) is 12.6. The maximum atomic E-state index is 12.1. The molecule has 0 amide bonds. The Morgan fingerprint density at radius 2 is 2.00 bits per heavy atom. The first-order chi connectivity index (χ1) is 9.87. The first kappa shape index (κ1) is 17.8. The highest BCUT2D eigenvalue weighted by atomic mass is 19.4. The van der Waals surface area contributed by atoms with Crippen molar-refractivity contribution in [2.24, 2.45) is 0 Å². The first-order valence-corrected chi connectivity index (χ1v) is 6.89. The van der Waals surface area contributed by atoms with Crippen LogP contribution in [-0.4, -0.2) is 33.0 Å². The van der Waals surface area contributed by atoms with Crippen LogP contribution < -0.4 is 10.1 Å². The maximum absolute atomic E-state index is 12.1. The summed E-state index contributed by atoms with van der Waals surface area (Å²) in [4.78, 5) is 0. The first-order valence-electron chi connectivity index (χ1n) is 6.89. The van der Waals surface area contributed by atoms with Crippen molar-refractivity contribution < 1.29 is 22.6 Å². The Morgan fingerprint density at radius 3 is 2.57 bits per heavy atom. The second-order valence-corrected chi connectivity index (χ2v) is 4.81. The lowest BCUT2D eigenvalue weighted by Crippen LogP contribution is -2.24. The number of benzene rings is 1. The van der Waals surface area contributed by atoms with E-state index in [4.69, 9.17) is 9.47 Å². The van der Waals surface area contributed by atoms with Crippen molar-refractivity contribution in [3.05, 3.63) is 29.3 Å². The van der Waals surface area contributed by atoms with Crippen LogP contribution >= 0.6 is 0 Å². The standard InChI is InChI=1S/C15H22F3NO2/c1-4-19-13(7-8-21-10-15(16,17)18)12-9-11(2)5-6-14(12)20-3/h5-6,9,13,19H,4,7-8,10H2,1-3H3. The second kappa shape index (κ2) is 8.24. The van der Waals surface area contributed by atoms with Gasteiger partial charge in [-0.15, -0.1) is 0 Å². The molecule has 3 nitrogen and oxygen atoms in total. The van der Waals surface area contributed by atoms with Gasteiger partial charge < -0.3 is 14.8 Å². The largest absolute Gasteiger partial charge is 0.496 e. The zero-order chi connectivity index (χ0) is 15.9. The van der Waals surface area contributed by atoms with Gasteiger partial charge in [0.1, 0.15) is 12.4 Å². The molecule has 120 valence electrons. The highest BCUT2D eigenvalue weighted by Crippen LogP contribution is 2.28. The molecule has 0 saturated carbocycles. The van der Waals surface area contributed by atoms with Gasteiger partial charge in [0.25, 0.3) is 0 Å².